The molecule has 2 N–H and O–H groups in total. The SMILES string of the molecule is Cc1cccc(CN2C(=O)N/C(=C/c3cc(C(C)(C)C)c(O)c(C(C)(C)C)c3)C2=O)c1. The zero-order chi connectivity index (χ0) is 23.1. The smallest absolute Gasteiger partial charge is 0.329 e. The number of carbonyl (C=O) groups is 2. The van der Waals surface area contributed by atoms with Crippen LogP contribution in [0.2, 0.25) is 0 Å². The first-order valence-corrected chi connectivity index (χ1v) is 10.6. The number of phenolic OH excluding ortho intramolecular Hbond substituents is 1. The minimum atomic E-state index is -0.427. The molecule has 31 heavy (non-hydrogen) atoms. The number of imide groups is 1. The predicted octanol–water partition coefficient (Wildman–Crippen LogP) is 5.39. The Morgan fingerprint density at radius 2 is 1.55 bits per heavy atom. The number of hydrogen-bond donors (Lipinski definition) is 2. The van der Waals surface area contributed by atoms with E-state index in [0.29, 0.717) is 0 Å². The monoisotopic (exact) mass is 420 g/mol. The van der Waals surface area contributed by atoms with Crippen molar-refractivity contribution in [2.45, 2.75) is 65.8 Å². The highest BCUT2D eigenvalue weighted by Crippen LogP contribution is 2.40. The Bertz CT molecular complexity index is 1030. The van der Waals surface area contributed by atoms with Gasteiger partial charge in [0, 0.05) is 11.1 Å². The van der Waals surface area contributed by atoms with E-state index in [9.17, 15) is 14.7 Å². The molecule has 0 aromatic heterocycles. The van der Waals surface area contributed by atoms with Gasteiger partial charge in [-0.1, -0.05) is 71.4 Å². The summed E-state index contributed by atoms with van der Waals surface area (Å²) in [7, 11) is 0. The van der Waals surface area contributed by atoms with Crippen molar-refractivity contribution in [3.05, 3.63) is 69.9 Å². The van der Waals surface area contributed by atoms with E-state index in [-0.39, 0.29) is 34.7 Å². The van der Waals surface area contributed by atoms with Gasteiger partial charge in [-0.3, -0.25) is 9.69 Å². The molecule has 0 aliphatic carbocycles. The normalized spacial score (nSPS) is 16.2. The van der Waals surface area contributed by atoms with Crippen molar-refractivity contribution in [1.29, 1.82) is 0 Å². The van der Waals surface area contributed by atoms with Gasteiger partial charge in [-0.2, -0.15) is 0 Å². The number of benzene rings is 2. The van der Waals surface area contributed by atoms with Crippen LogP contribution in [0, 0.1) is 6.92 Å². The van der Waals surface area contributed by atoms with E-state index in [2.05, 4.69) is 5.32 Å². The zero-order valence-corrected chi connectivity index (χ0v) is 19.5. The van der Waals surface area contributed by atoms with E-state index in [1.807, 2.05) is 84.9 Å². The highest BCUT2D eigenvalue weighted by atomic mass is 16.3. The molecule has 1 saturated heterocycles. The lowest BCUT2D eigenvalue weighted by Crippen LogP contribution is -2.30. The van der Waals surface area contributed by atoms with Crippen molar-refractivity contribution in [3.8, 4) is 5.75 Å². The van der Waals surface area contributed by atoms with Gasteiger partial charge in [-0.05, 0) is 47.1 Å². The molecule has 0 unspecified atom stereocenters. The van der Waals surface area contributed by atoms with Gasteiger partial charge in [0.25, 0.3) is 5.91 Å². The van der Waals surface area contributed by atoms with Crippen LogP contribution in [-0.2, 0) is 22.2 Å². The fourth-order valence-corrected chi connectivity index (χ4v) is 3.76. The maximum Gasteiger partial charge on any atom is 0.329 e. The Kier molecular flexibility index (Phi) is 5.74. The van der Waals surface area contributed by atoms with Gasteiger partial charge < -0.3 is 10.4 Å². The molecule has 3 rings (SSSR count). The molecular weight excluding hydrogens is 388 g/mol. The summed E-state index contributed by atoms with van der Waals surface area (Å²) < 4.78 is 0. The van der Waals surface area contributed by atoms with E-state index in [1.165, 1.54) is 4.90 Å². The lowest BCUT2D eigenvalue weighted by molar-refractivity contribution is -0.123. The Balaban J connectivity index is 1.99. The fourth-order valence-electron chi connectivity index (χ4n) is 3.76. The Hall–Kier alpha value is -3.08. The summed E-state index contributed by atoms with van der Waals surface area (Å²) in [4.78, 5) is 26.7. The average molecular weight is 421 g/mol. The summed E-state index contributed by atoms with van der Waals surface area (Å²) in [6.45, 7) is 14.4. The number of hydrogen-bond acceptors (Lipinski definition) is 3. The van der Waals surface area contributed by atoms with Crippen molar-refractivity contribution in [2.75, 3.05) is 0 Å². The molecule has 5 nitrogen and oxygen atoms in total. The van der Waals surface area contributed by atoms with Crippen LogP contribution in [0.5, 0.6) is 5.75 Å². The van der Waals surface area contributed by atoms with Crippen LogP contribution >= 0.6 is 0 Å². The second-order valence-corrected chi connectivity index (χ2v) is 10.3. The summed E-state index contributed by atoms with van der Waals surface area (Å²) >= 11 is 0. The second kappa shape index (κ2) is 7.88. The minimum absolute atomic E-state index is 0.222. The summed E-state index contributed by atoms with van der Waals surface area (Å²) in [5.41, 5.74) is 4.04. The number of nitrogens with zero attached hydrogens (tertiary/aromatic N) is 1. The van der Waals surface area contributed by atoms with Crippen LogP contribution < -0.4 is 5.32 Å². The maximum atomic E-state index is 13.0. The van der Waals surface area contributed by atoms with Gasteiger partial charge in [0.05, 0.1) is 6.54 Å². The minimum Gasteiger partial charge on any atom is -0.507 e. The first kappa shape index (κ1) is 22.6. The molecular formula is C26H32N2O3. The van der Waals surface area contributed by atoms with Crippen LogP contribution in [-0.4, -0.2) is 21.9 Å². The fraction of sp³-hybridized carbons (Fsp3) is 0.385. The number of rotatable bonds is 3. The summed E-state index contributed by atoms with van der Waals surface area (Å²) in [6, 6.07) is 11.1. The molecule has 3 amide bonds. The number of urea groups is 1. The number of carbonyl (C=O) groups excluding carboxylic acids is 2. The lowest BCUT2D eigenvalue weighted by Gasteiger charge is -2.28. The molecule has 2 aromatic carbocycles. The van der Waals surface area contributed by atoms with Crippen LogP contribution in [0.25, 0.3) is 6.08 Å². The molecule has 0 bridgehead atoms. The average Bonchev–Trinajstić information content (AvgIpc) is 2.88. The van der Waals surface area contributed by atoms with Crippen molar-refractivity contribution >= 4 is 18.0 Å². The Labute approximate surface area is 184 Å². The number of amides is 3. The number of aromatic hydroxyl groups is 1. The van der Waals surface area contributed by atoms with Crippen molar-refractivity contribution in [1.82, 2.24) is 10.2 Å². The number of phenols is 1. The maximum absolute atomic E-state index is 13.0. The Morgan fingerprint density at radius 3 is 2.06 bits per heavy atom. The first-order chi connectivity index (χ1) is 14.3. The summed E-state index contributed by atoms with van der Waals surface area (Å²) in [5, 5.41) is 13.6. The second-order valence-electron chi connectivity index (χ2n) is 10.3. The number of nitrogens with one attached hydrogen (secondary N) is 1. The number of aryl methyl sites for hydroxylation is 1. The largest absolute Gasteiger partial charge is 0.507 e. The van der Waals surface area contributed by atoms with Crippen LogP contribution in [0.1, 0.15) is 69.4 Å². The molecule has 1 heterocycles. The molecule has 164 valence electrons. The molecule has 1 aliphatic rings. The van der Waals surface area contributed by atoms with Gasteiger partial charge >= 0.3 is 6.03 Å². The third-order valence-electron chi connectivity index (χ3n) is 5.44. The quantitative estimate of drug-likeness (QED) is 0.517. The Morgan fingerprint density at radius 1 is 0.968 bits per heavy atom. The van der Waals surface area contributed by atoms with Gasteiger partial charge in [0.1, 0.15) is 11.4 Å². The van der Waals surface area contributed by atoms with Crippen molar-refractivity contribution in [3.63, 3.8) is 0 Å². The molecule has 0 radical (unpaired) electrons. The van der Waals surface area contributed by atoms with E-state index >= 15 is 0 Å². The summed E-state index contributed by atoms with van der Waals surface area (Å²) in [5.74, 6) is -0.0702. The van der Waals surface area contributed by atoms with Crippen LogP contribution in [0.15, 0.2) is 42.1 Å². The van der Waals surface area contributed by atoms with Gasteiger partial charge in [0.15, 0.2) is 0 Å². The first-order valence-electron chi connectivity index (χ1n) is 10.6. The highest BCUT2D eigenvalue weighted by Gasteiger charge is 2.34. The molecule has 2 aromatic rings. The van der Waals surface area contributed by atoms with Gasteiger partial charge in [0.2, 0.25) is 0 Å². The highest BCUT2D eigenvalue weighted by molar-refractivity contribution is 6.13. The van der Waals surface area contributed by atoms with Gasteiger partial charge in [-0.15, -0.1) is 0 Å². The van der Waals surface area contributed by atoms with E-state index in [1.54, 1.807) is 6.08 Å². The molecule has 0 atom stereocenters. The third kappa shape index (κ3) is 4.82. The van der Waals surface area contributed by atoms with Crippen LogP contribution in [0.4, 0.5) is 4.79 Å². The van der Waals surface area contributed by atoms with Crippen molar-refractivity contribution in [2.24, 2.45) is 0 Å². The lowest BCUT2D eigenvalue weighted by atomic mass is 9.78. The molecule has 0 saturated carbocycles. The topological polar surface area (TPSA) is 69.6 Å². The predicted molar refractivity (Wildman–Crippen MR) is 124 cm³/mol. The third-order valence-corrected chi connectivity index (χ3v) is 5.44. The van der Waals surface area contributed by atoms with E-state index in [0.717, 1.165) is 27.8 Å². The van der Waals surface area contributed by atoms with E-state index in [4.69, 9.17) is 0 Å². The van der Waals surface area contributed by atoms with Gasteiger partial charge in [-0.25, -0.2) is 4.79 Å². The molecule has 0 spiro atoms. The zero-order valence-electron chi connectivity index (χ0n) is 19.5. The standard InChI is InChI=1S/C26H32N2O3/c1-16-9-8-10-17(11-16)15-28-23(30)21(27-24(28)31)14-18-12-19(25(2,3)4)22(29)20(13-18)26(5,6)7/h8-14,29H,15H2,1-7H3,(H,27,31)/b21-14+. The summed E-state index contributed by atoms with van der Waals surface area (Å²) in [6.07, 6.45) is 1.69. The molecule has 1 fully saturated rings. The molecule has 5 heteroatoms. The molecule has 1 aliphatic heterocycles. The van der Waals surface area contributed by atoms with Crippen molar-refractivity contribution < 1.29 is 14.7 Å². The van der Waals surface area contributed by atoms with E-state index < -0.39 is 6.03 Å². The van der Waals surface area contributed by atoms with Crippen LogP contribution in [0.3, 0.4) is 0 Å².